The van der Waals surface area contributed by atoms with Gasteiger partial charge in [0.25, 0.3) is 0 Å². The molecule has 17 heavy (non-hydrogen) atoms. The minimum atomic E-state index is 0.578. The molecule has 1 aromatic carbocycles. The molecule has 2 N–H and O–H groups in total. The van der Waals surface area contributed by atoms with Crippen molar-refractivity contribution in [3.8, 4) is 16.9 Å². The maximum absolute atomic E-state index is 5.77. The van der Waals surface area contributed by atoms with Gasteiger partial charge in [-0.2, -0.15) is 0 Å². The van der Waals surface area contributed by atoms with Crippen molar-refractivity contribution in [2.45, 2.75) is 19.9 Å². The van der Waals surface area contributed by atoms with Crippen molar-refractivity contribution in [1.82, 2.24) is 0 Å². The molecular formula is C14H17NOS. The van der Waals surface area contributed by atoms with Crippen molar-refractivity contribution in [3.63, 3.8) is 0 Å². The van der Waals surface area contributed by atoms with Gasteiger partial charge in [0.05, 0.1) is 6.61 Å². The molecule has 0 aliphatic carbocycles. The Labute approximate surface area is 106 Å². The van der Waals surface area contributed by atoms with E-state index in [-0.39, 0.29) is 0 Å². The van der Waals surface area contributed by atoms with Crippen molar-refractivity contribution < 1.29 is 4.74 Å². The number of para-hydroxylation sites is 1. The van der Waals surface area contributed by atoms with Crippen LogP contribution in [0.5, 0.6) is 5.75 Å². The van der Waals surface area contributed by atoms with Crippen LogP contribution >= 0.6 is 11.3 Å². The summed E-state index contributed by atoms with van der Waals surface area (Å²) < 4.78 is 5.77. The Kier molecular flexibility index (Phi) is 4.18. The van der Waals surface area contributed by atoms with E-state index in [1.165, 1.54) is 10.4 Å². The van der Waals surface area contributed by atoms with E-state index in [9.17, 15) is 0 Å². The van der Waals surface area contributed by atoms with Gasteiger partial charge in [-0.25, -0.2) is 0 Å². The Balaban J connectivity index is 2.37. The average molecular weight is 247 g/mol. The minimum Gasteiger partial charge on any atom is -0.493 e. The fourth-order valence-corrected chi connectivity index (χ4v) is 2.54. The van der Waals surface area contributed by atoms with Gasteiger partial charge in [-0.1, -0.05) is 25.1 Å². The zero-order valence-corrected chi connectivity index (χ0v) is 10.8. The second-order valence-electron chi connectivity index (χ2n) is 3.81. The van der Waals surface area contributed by atoms with Crippen molar-refractivity contribution in [2.75, 3.05) is 6.61 Å². The van der Waals surface area contributed by atoms with Gasteiger partial charge in [0.15, 0.2) is 0 Å². The lowest BCUT2D eigenvalue weighted by atomic mass is 10.1. The van der Waals surface area contributed by atoms with Crippen LogP contribution in [0.4, 0.5) is 0 Å². The molecule has 0 atom stereocenters. The second kappa shape index (κ2) is 5.84. The highest BCUT2D eigenvalue weighted by Gasteiger charge is 2.10. The van der Waals surface area contributed by atoms with Crippen LogP contribution in [-0.4, -0.2) is 6.61 Å². The number of benzene rings is 1. The predicted octanol–water partition coefficient (Wildman–Crippen LogP) is 3.66. The summed E-state index contributed by atoms with van der Waals surface area (Å²) in [6, 6.07) is 10.3. The van der Waals surface area contributed by atoms with Crippen molar-refractivity contribution in [3.05, 3.63) is 40.6 Å². The molecule has 0 saturated heterocycles. The molecule has 0 spiro atoms. The first-order chi connectivity index (χ1) is 8.36. The van der Waals surface area contributed by atoms with Crippen LogP contribution in [0.15, 0.2) is 35.7 Å². The highest BCUT2D eigenvalue weighted by Crippen LogP contribution is 2.34. The van der Waals surface area contributed by atoms with Gasteiger partial charge in [-0.05, 0) is 23.9 Å². The topological polar surface area (TPSA) is 35.2 Å². The number of hydrogen-bond donors (Lipinski definition) is 1. The van der Waals surface area contributed by atoms with Crippen LogP contribution < -0.4 is 10.5 Å². The van der Waals surface area contributed by atoms with Crippen LogP contribution in [0.3, 0.4) is 0 Å². The average Bonchev–Trinajstić information content (AvgIpc) is 2.84. The highest BCUT2D eigenvalue weighted by molar-refractivity contribution is 7.10. The van der Waals surface area contributed by atoms with E-state index >= 15 is 0 Å². The molecule has 90 valence electrons. The van der Waals surface area contributed by atoms with Crippen LogP contribution in [-0.2, 0) is 6.54 Å². The fourth-order valence-electron chi connectivity index (χ4n) is 1.77. The Bertz CT molecular complexity index is 479. The molecule has 0 amide bonds. The van der Waals surface area contributed by atoms with Gasteiger partial charge >= 0.3 is 0 Å². The SMILES string of the molecule is CCCOc1ccccc1-c1ccsc1CN. The number of hydrogen-bond acceptors (Lipinski definition) is 3. The molecule has 2 rings (SSSR count). The van der Waals surface area contributed by atoms with Gasteiger partial charge in [0, 0.05) is 22.5 Å². The molecule has 0 unspecified atom stereocenters. The number of ether oxygens (including phenoxy) is 1. The van der Waals surface area contributed by atoms with E-state index in [0.29, 0.717) is 6.54 Å². The van der Waals surface area contributed by atoms with Gasteiger partial charge in [-0.15, -0.1) is 11.3 Å². The lowest BCUT2D eigenvalue weighted by molar-refractivity contribution is 0.318. The molecule has 0 bridgehead atoms. The lowest BCUT2D eigenvalue weighted by Crippen LogP contribution is -1.98. The monoisotopic (exact) mass is 247 g/mol. The van der Waals surface area contributed by atoms with Crippen LogP contribution in [0.25, 0.3) is 11.1 Å². The first kappa shape index (κ1) is 12.1. The second-order valence-corrected chi connectivity index (χ2v) is 4.81. The molecule has 0 aliphatic heterocycles. The molecule has 2 nitrogen and oxygen atoms in total. The molecule has 0 saturated carbocycles. The fraction of sp³-hybridized carbons (Fsp3) is 0.286. The Morgan fingerprint density at radius 2 is 2.00 bits per heavy atom. The summed E-state index contributed by atoms with van der Waals surface area (Å²) in [4.78, 5) is 1.21. The summed E-state index contributed by atoms with van der Waals surface area (Å²) >= 11 is 1.70. The lowest BCUT2D eigenvalue weighted by Gasteiger charge is -2.11. The Hall–Kier alpha value is -1.32. The first-order valence-corrected chi connectivity index (χ1v) is 6.73. The van der Waals surface area contributed by atoms with E-state index in [2.05, 4.69) is 24.4 Å². The minimum absolute atomic E-state index is 0.578. The summed E-state index contributed by atoms with van der Waals surface area (Å²) in [5.41, 5.74) is 8.09. The third-order valence-corrected chi connectivity index (χ3v) is 3.51. The Morgan fingerprint density at radius 3 is 2.76 bits per heavy atom. The van der Waals surface area contributed by atoms with Gasteiger partial charge in [-0.3, -0.25) is 0 Å². The van der Waals surface area contributed by atoms with Gasteiger partial charge in [0.2, 0.25) is 0 Å². The third-order valence-electron chi connectivity index (χ3n) is 2.57. The van der Waals surface area contributed by atoms with Crippen molar-refractivity contribution in [2.24, 2.45) is 5.73 Å². The predicted molar refractivity (Wildman–Crippen MR) is 73.4 cm³/mol. The summed E-state index contributed by atoms with van der Waals surface area (Å²) in [7, 11) is 0. The number of rotatable bonds is 5. The third kappa shape index (κ3) is 2.68. The normalized spacial score (nSPS) is 10.5. The van der Waals surface area contributed by atoms with E-state index in [4.69, 9.17) is 10.5 Å². The Morgan fingerprint density at radius 1 is 1.18 bits per heavy atom. The van der Waals surface area contributed by atoms with Gasteiger partial charge < -0.3 is 10.5 Å². The van der Waals surface area contributed by atoms with E-state index in [0.717, 1.165) is 24.3 Å². The van der Waals surface area contributed by atoms with E-state index in [1.54, 1.807) is 11.3 Å². The standard InChI is InChI=1S/C14H17NOS/c1-2-8-16-13-6-4-3-5-11(13)12-7-9-17-14(12)10-15/h3-7,9H,2,8,10,15H2,1H3. The van der Waals surface area contributed by atoms with Crippen molar-refractivity contribution >= 4 is 11.3 Å². The zero-order valence-electron chi connectivity index (χ0n) is 9.98. The smallest absolute Gasteiger partial charge is 0.127 e. The molecule has 0 aliphatic rings. The highest BCUT2D eigenvalue weighted by atomic mass is 32.1. The maximum atomic E-state index is 5.77. The molecule has 3 heteroatoms. The number of nitrogens with two attached hydrogens (primary N) is 1. The summed E-state index contributed by atoms with van der Waals surface area (Å²) in [6.45, 7) is 3.44. The van der Waals surface area contributed by atoms with Crippen LogP contribution in [0.2, 0.25) is 0 Å². The summed E-state index contributed by atoms with van der Waals surface area (Å²) in [6.07, 6.45) is 1.02. The maximum Gasteiger partial charge on any atom is 0.127 e. The molecule has 0 fully saturated rings. The molecule has 1 heterocycles. The van der Waals surface area contributed by atoms with Gasteiger partial charge in [0.1, 0.15) is 5.75 Å². The molecule has 2 aromatic rings. The quantitative estimate of drug-likeness (QED) is 0.875. The van der Waals surface area contributed by atoms with E-state index < -0.39 is 0 Å². The van der Waals surface area contributed by atoms with Crippen LogP contribution in [0, 0.1) is 0 Å². The zero-order chi connectivity index (χ0) is 12.1. The molecular weight excluding hydrogens is 230 g/mol. The summed E-state index contributed by atoms with van der Waals surface area (Å²) in [5.74, 6) is 0.947. The number of thiophene rings is 1. The van der Waals surface area contributed by atoms with Crippen LogP contribution in [0.1, 0.15) is 18.2 Å². The van der Waals surface area contributed by atoms with Crippen molar-refractivity contribution in [1.29, 1.82) is 0 Å². The van der Waals surface area contributed by atoms with E-state index in [1.807, 2.05) is 18.2 Å². The molecule has 0 radical (unpaired) electrons. The molecule has 1 aromatic heterocycles. The first-order valence-electron chi connectivity index (χ1n) is 5.85. The largest absolute Gasteiger partial charge is 0.493 e. The summed E-state index contributed by atoms with van der Waals surface area (Å²) in [5, 5.41) is 2.08.